The molecule has 6 nitrogen and oxygen atoms in total. The lowest BCUT2D eigenvalue weighted by Crippen LogP contribution is -2.23. The monoisotopic (exact) mass is 273 g/mol. The molecule has 0 fully saturated rings. The minimum atomic E-state index is -0.968. The molecule has 20 heavy (non-hydrogen) atoms. The number of H-pyrrole nitrogens is 1. The third kappa shape index (κ3) is 3.94. The summed E-state index contributed by atoms with van der Waals surface area (Å²) in [4.78, 5) is 21.7. The van der Waals surface area contributed by atoms with Crippen LogP contribution in [0.1, 0.15) is 18.4 Å². The first kappa shape index (κ1) is 13.8. The van der Waals surface area contributed by atoms with Crippen molar-refractivity contribution >= 4 is 11.9 Å². The van der Waals surface area contributed by atoms with Gasteiger partial charge in [-0.15, -0.1) is 0 Å². The molecule has 0 unspecified atom stereocenters. The Bertz CT molecular complexity index is 576. The molecule has 104 valence electrons. The van der Waals surface area contributed by atoms with Crippen molar-refractivity contribution in [1.29, 1.82) is 0 Å². The van der Waals surface area contributed by atoms with Crippen molar-refractivity contribution in [3.63, 3.8) is 0 Å². The quantitative estimate of drug-likeness (QED) is 0.744. The number of aliphatic carboxylic acids is 1. The zero-order valence-corrected chi connectivity index (χ0v) is 10.8. The van der Waals surface area contributed by atoms with Gasteiger partial charge in [-0.1, -0.05) is 24.3 Å². The van der Waals surface area contributed by atoms with Gasteiger partial charge in [-0.2, -0.15) is 5.10 Å². The van der Waals surface area contributed by atoms with Crippen LogP contribution in [0.15, 0.2) is 36.5 Å². The van der Waals surface area contributed by atoms with Gasteiger partial charge in [-0.25, -0.2) is 0 Å². The van der Waals surface area contributed by atoms with Crippen LogP contribution in [0.2, 0.25) is 0 Å². The average Bonchev–Trinajstić information content (AvgIpc) is 2.97. The van der Waals surface area contributed by atoms with Crippen molar-refractivity contribution in [2.45, 2.75) is 19.4 Å². The number of carboxylic acid groups (broad SMARTS) is 1. The molecule has 2 rings (SSSR count). The minimum absolute atomic E-state index is 0.00155. The molecule has 1 heterocycles. The maximum atomic E-state index is 11.4. The van der Waals surface area contributed by atoms with Gasteiger partial charge in [-0.3, -0.25) is 14.7 Å². The Morgan fingerprint density at radius 1 is 1.15 bits per heavy atom. The van der Waals surface area contributed by atoms with Crippen molar-refractivity contribution < 1.29 is 14.7 Å². The van der Waals surface area contributed by atoms with Gasteiger partial charge in [0.2, 0.25) is 5.91 Å². The number of aromatic amines is 1. The number of benzene rings is 1. The topological polar surface area (TPSA) is 95.1 Å². The summed E-state index contributed by atoms with van der Waals surface area (Å²) in [6.07, 6.45) is 1.54. The smallest absolute Gasteiger partial charge is 0.303 e. The van der Waals surface area contributed by atoms with E-state index in [1.54, 1.807) is 6.20 Å². The van der Waals surface area contributed by atoms with Crippen LogP contribution in [0.4, 0.5) is 0 Å². The lowest BCUT2D eigenvalue weighted by Gasteiger charge is -2.05. The molecule has 0 aliphatic carbocycles. The summed E-state index contributed by atoms with van der Waals surface area (Å²) in [5.74, 6) is -1.23. The molecule has 6 heteroatoms. The van der Waals surface area contributed by atoms with E-state index in [4.69, 9.17) is 5.11 Å². The minimum Gasteiger partial charge on any atom is -0.481 e. The highest BCUT2D eigenvalue weighted by molar-refractivity contribution is 5.80. The fourth-order valence-electron chi connectivity index (χ4n) is 1.73. The molecule has 1 amide bonds. The van der Waals surface area contributed by atoms with Gasteiger partial charge in [0, 0.05) is 19.2 Å². The van der Waals surface area contributed by atoms with Crippen LogP contribution in [0.3, 0.4) is 0 Å². The second-order valence-corrected chi connectivity index (χ2v) is 4.34. The average molecular weight is 273 g/mol. The van der Waals surface area contributed by atoms with Gasteiger partial charge >= 0.3 is 5.97 Å². The van der Waals surface area contributed by atoms with Crippen LogP contribution in [0.5, 0.6) is 0 Å². The van der Waals surface area contributed by atoms with E-state index >= 15 is 0 Å². The standard InChI is InChI=1S/C14H15N3O3/c18-13(5-6-14(19)20)15-9-10-1-3-11(4-2-10)12-7-8-16-17-12/h1-4,7-8H,5-6,9H2,(H,15,18)(H,16,17)(H,19,20). The highest BCUT2D eigenvalue weighted by Crippen LogP contribution is 2.16. The number of hydrogen-bond acceptors (Lipinski definition) is 3. The Morgan fingerprint density at radius 2 is 1.90 bits per heavy atom. The van der Waals surface area contributed by atoms with Gasteiger partial charge in [0.15, 0.2) is 0 Å². The summed E-state index contributed by atoms with van der Waals surface area (Å²) in [7, 11) is 0. The normalized spacial score (nSPS) is 10.2. The highest BCUT2D eigenvalue weighted by Gasteiger charge is 2.05. The number of nitrogens with one attached hydrogen (secondary N) is 2. The molecule has 0 spiro atoms. The molecule has 0 atom stereocenters. The zero-order chi connectivity index (χ0) is 14.4. The first-order valence-electron chi connectivity index (χ1n) is 6.22. The number of carbonyl (C=O) groups excluding carboxylic acids is 1. The fourth-order valence-corrected chi connectivity index (χ4v) is 1.73. The second-order valence-electron chi connectivity index (χ2n) is 4.34. The van der Waals surface area contributed by atoms with Gasteiger partial charge in [0.1, 0.15) is 0 Å². The van der Waals surface area contributed by atoms with E-state index in [0.717, 1.165) is 16.8 Å². The number of carbonyl (C=O) groups is 2. The lowest BCUT2D eigenvalue weighted by molar-refractivity contribution is -0.138. The van der Waals surface area contributed by atoms with Crippen molar-refractivity contribution in [2.24, 2.45) is 0 Å². The molecule has 0 saturated heterocycles. The molecule has 1 aromatic carbocycles. The maximum Gasteiger partial charge on any atom is 0.303 e. The number of nitrogens with zero attached hydrogens (tertiary/aromatic N) is 1. The first-order chi connectivity index (χ1) is 9.65. The molecule has 0 bridgehead atoms. The summed E-state index contributed by atoms with van der Waals surface area (Å²) in [6.45, 7) is 0.391. The van der Waals surface area contributed by atoms with Gasteiger partial charge < -0.3 is 10.4 Å². The summed E-state index contributed by atoms with van der Waals surface area (Å²) in [5.41, 5.74) is 2.91. The zero-order valence-electron chi connectivity index (χ0n) is 10.8. The Morgan fingerprint density at radius 3 is 2.50 bits per heavy atom. The molecule has 2 aromatic rings. The van der Waals surface area contributed by atoms with Crippen LogP contribution in [0.25, 0.3) is 11.3 Å². The number of carboxylic acids is 1. The van der Waals surface area contributed by atoms with E-state index in [9.17, 15) is 9.59 Å². The largest absolute Gasteiger partial charge is 0.481 e. The van der Waals surface area contributed by atoms with Crippen molar-refractivity contribution in [1.82, 2.24) is 15.5 Å². The van der Waals surface area contributed by atoms with E-state index in [1.165, 1.54) is 0 Å². The van der Waals surface area contributed by atoms with E-state index in [0.29, 0.717) is 6.54 Å². The van der Waals surface area contributed by atoms with E-state index in [-0.39, 0.29) is 18.7 Å². The SMILES string of the molecule is O=C(O)CCC(=O)NCc1ccc(-c2ccn[nH]2)cc1. The Kier molecular flexibility index (Phi) is 4.49. The Balaban J connectivity index is 1.85. The Hall–Kier alpha value is -2.63. The summed E-state index contributed by atoms with van der Waals surface area (Å²) in [5, 5.41) is 17.9. The predicted octanol–water partition coefficient (Wildman–Crippen LogP) is 1.56. The number of rotatable bonds is 6. The molecule has 3 N–H and O–H groups in total. The first-order valence-corrected chi connectivity index (χ1v) is 6.22. The highest BCUT2D eigenvalue weighted by atomic mass is 16.4. The summed E-state index contributed by atoms with van der Waals surface area (Å²) >= 11 is 0. The van der Waals surface area contributed by atoms with E-state index in [1.807, 2.05) is 30.3 Å². The fraction of sp³-hybridized carbons (Fsp3) is 0.214. The predicted molar refractivity (Wildman–Crippen MR) is 72.7 cm³/mol. The van der Waals surface area contributed by atoms with Crippen LogP contribution in [-0.4, -0.2) is 27.2 Å². The maximum absolute atomic E-state index is 11.4. The van der Waals surface area contributed by atoms with Crippen molar-refractivity contribution in [2.75, 3.05) is 0 Å². The Labute approximate surface area is 115 Å². The van der Waals surface area contributed by atoms with E-state index in [2.05, 4.69) is 15.5 Å². The third-order valence-electron chi connectivity index (χ3n) is 2.82. The molecule has 0 radical (unpaired) electrons. The van der Waals surface area contributed by atoms with Crippen molar-refractivity contribution in [3.05, 3.63) is 42.1 Å². The number of hydrogen-bond donors (Lipinski definition) is 3. The number of amides is 1. The second kappa shape index (κ2) is 6.51. The van der Waals surface area contributed by atoms with Gasteiger partial charge in [-0.05, 0) is 17.2 Å². The van der Waals surface area contributed by atoms with Crippen LogP contribution in [-0.2, 0) is 16.1 Å². The summed E-state index contributed by atoms with van der Waals surface area (Å²) < 4.78 is 0. The molecule has 1 aromatic heterocycles. The van der Waals surface area contributed by atoms with Crippen LogP contribution in [0, 0.1) is 0 Å². The van der Waals surface area contributed by atoms with E-state index < -0.39 is 5.97 Å². The van der Waals surface area contributed by atoms with Crippen LogP contribution >= 0.6 is 0 Å². The third-order valence-corrected chi connectivity index (χ3v) is 2.82. The molecular weight excluding hydrogens is 258 g/mol. The lowest BCUT2D eigenvalue weighted by atomic mass is 10.1. The van der Waals surface area contributed by atoms with Gasteiger partial charge in [0.05, 0.1) is 12.1 Å². The van der Waals surface area contributed by atoms with Crippen LogP contribution < -0.4 is 5.32 Å². The summed E-state index contributed by atoms with van der Waals surface area (Å²) in [6, 6.07) is 9.57. The molecule has 0 saturated carbocycles. The van der Waals surface area contributed by atoms with Gasteiger partial charge in [0.25, 0.3) is 0 Å². The molecule has 0 aliphatic heterocycles. The molecular formula is C14H15N3O3. The number of aromatic nitrogens is 2. The van der Waals surface area contributed by atoms with Crippen molar-refractivity contribution in [3.8, 4) is 11.3 Å². The molecule has 0 aliphatic rings.